The van der Waals surface area contributed by atoms with Gasteiger partial charge in [-0.05, 0) is 68.6 Å². The summed E-state index contributed by atoms with van der Waals surface area (Å²) < 4.78 is 0. The van der Waals surface area contributed by atoms with Crippen LogP contribution in [-0.2, 0) is 4.79 Å². The number of carbonyl (C=O) groups is 1. The number of carboxylic acids is 1. The monoisotopic (exact) mass is 350 g/mol. The van der Waals surface area contributed by atoms with Gasteiger partial charge >= 0.3 is 5.97 Å². The van der Waals surface area contributed by atoms with Crippen LogP contribution in [-0.4, -0.2) is 44.7 Å². The van der Waals surface area contributed by atoms with E-state index >= 15 is 0 Å². The van der Waals surface area contributed by atoms with Crippen LogP contribution in [0.5, 0.6) is 0 Å². The number of rotatable bonds is 2. The van der Waals surface area contributed by atoms with Crippen LogP contribution in [0.3, 0.4) is 0 Å². The van der Waals surface area contributed by atoms with Gasteiger partial charge < -0.3 is 20.4 Å². The molecule has 5 heteroatoms. The van der Waals surface area contributed by atoms with Crippen molar-refractivity contribution in [3.8, 4) is 0 Å². The van der Waals surface area contributed by atoms with Gasteiger partial charge in [-0.3, -0.25) is 4.79 Å². The fourth-order valence-corrected chi connectivity index (χ4v) is 7.18. The number of hydrogen-bond donors (Lipinski definition) is 4. The zero-order valence-electron chi connectivity index (χ0n) is 15.2. The van der Waals surface area contributed by atoms with E-state index in [0.29, 0.717) is 12.8 Å². The van der Waals surface area contributed by atoms with Crippen molar-refractivity contribution in [3.05, 3.63) is 11.6 Å². The highest BCUT2D eigenvalue weighted by Crippen LogP contribution is 2.73. The minimum Gasteiger partial charge on any atom is -0.481 e. The summed E-state index contributed by atoms with van der Waals surface area (Å²) in [6.45, 7) is 3.74. The van der Waals surface area contributed by atoms with Gasteiger partial charge in [0.05, 0.1) is 23.7 Å². The number of aliphatic hydroxyl groups is 3. The van der Waals surface area contributed by atoms with Crippen LogP contribution in [0.1, 0.15) is 58.8 Å². The average Bonchev–Trinajstić information content (AvgIpc) is 2.92. The third-order valence-electron chi connectivity index (χ3n) is 8.91. The molecular formula is C20H30O5. The zero-order valence-corrected chi connectivity index (χ0v) is 15.2. The Kier molecular flexibility index (Phi) is 3.56. The van der Waals surface area contributed by atoms with Gasteiger partial charge in [0.2, 0.25) is 0 Å². The smallest absolute Gasteiger partial charge is 0.312 e. The summed E-state index contributed by atoms with van der Waals surface area (Å²) in [7, 11) is 0. The Morgan fingerprint density at radius 2 is 1.96 bits per heavy atom. The molecule has 5 nitrogen and oxygen atoms in total. The van der Waals surface area contributed by atoms with Crippen molar-refractivity contribution in [2.45, 2.75) is 70.5 Å². The molecule has 2 bridgehead atoms. The van der Waals surface area contributed by atoms with Crippen LogP contribution in [0.4, 0.5) is 0 Å². The predicted molar refractivity (Wildman–Crippen MR) is 91.7 cm³/mol. The lowest BCUT2D eigenvalue weighted by Crippen LogP contribution is -2.63. The van der Waals surface area contributed by atoms with Gasteiger partial charge in [-0.15, -0.1) is 0 Å². The molecule has 3 saturated carbocycles. The number of hydrogen-bond acceptors (Lipinski definition) is 4. The number of aliphatic carboxylic acids is 1. The molecule has 7 atom stereocenters. The lowest BCUT2D eigenvalue weighted by molar-refractivity contribution is -0.202. The van der Waals surface area contributed by atoms with Crippen LogP contribution < -0.4 is 0 Å². The first-order valence-corrected chi connectivity index (χ1v) is 9.60. The van der Waals surface area contributed by atoms with Crippen molar-refractivity contribution in [2.24, 2.45) is 28.1 Å². The van der Waals surface area contributed by atoms with Crippen LogP contribution in [0.2, 0.25) is 0 Å². The maximum atomic E-state index is 12.1. The second kappa shape index (κ2) is 5.08. The fraction of sp³-hybridized carbons (Fsp3) is 0.850. The first-order chi connectivity index (χ1) is 11.6. The maximum absolute atomic E-state index is 12.1. The second-order valence-electron chi connectivity index (χ2n) is 9.50. The molecule has 4 rings (SSSR count). The van der Waals surface area contributed by atoms with E-state index in [1.54, 1.807) is 6.92 Å². The summed E-state index contributed by atoms with van der Waals surface area (Å²) in [5.74, 6) is -1.01. The number of carboxylic acid groups (broad SMARTS) is 1. The highest BCUT2D eigenvalue weighted by molar-refractivity contribution is 5.76. The van der Waals surface area contributed by atoms with Crippen molar-refractivity contribution < 1.29 is 25.2 Å². The fourth-order valence-electron chi connectivity index (χ4n) is 7.18. The van der Waals surface area contributed by atoms with E-state index < -0.39 is 23.1 Å². The van der Waals surface area contributed by atoms with Crippen molar-refractivity contribution in [1.82, 2.24) is 0 Å². The lowest BCUT2D eigenvalue weighted by Gasteiger charge is -2.65. The zero-order chi connectivity index (χ0) is 18.3. The predicted octanol–water partition coefficient (Wildman–Crippen LogP) is 2.10. The molecule has 4 aliphatic rings. The Morgan fingerprint density at radius 1 is 1.24 bits per heavy atom. The summed E-state index contributed by atoms with van der Waals surface area (Å²) in [6, 6.07) is 0. The van der Waals surface area contributed by atoms with Crippen molar-refractivity contribution in [3.63, 3.8) is 0 Å². The number of allylic oxidation sites excluding steroid dienone is 1. The highest BCUT2D eigenvalue weighted by atomic mass is 16.4. The average molecular weight is 350 g/mol. The Bertz CT molecular complexity index is 644. The molecule has 4 aliphatic carbocycles. The summed E-state index contributed by atoms with van der Waals surface area (Å²) >= 11 is 0. The topological polar surface area (TPSA) is 98.0 Å². The first-order valence-electron chi connectivity index (χ1n) is 9.60. The van der Waals surface area contributed by atoms with Gasteiger partial charge in [-0.25, -0.2) is 0 Å². The van der Waals surface area contributed by atoms with E-state index in [1.807, 2.05) is 0 Å². The first kappa shape index (κ1) is 17.5. The molecule has 7 unspecified atom stereocenters. The Balaban J connectivity index is 1.79. The van der Waals surface area contributed by atoms with Crippen LogP contribution in [0.15, 0.2) is 11.6 Å². The summed E-state index contributed by atoms with van der Waals surface area (Å²) in [6.07, 6.45) is 6.49. The van der Waals surface area contributed by atoms with Crippen LogP contribution in [0, 0.1) is 28.1 Å². The lowest BCUT2D eigenvalue weighted by atomic mass is 9.39. The Hall–Kier alpha value is -0.910. The molecule has 0 aromatic heterocycles. The minimum atomic E-state index is -1.11. The molecule has 0 aromatic rings. The number of aliphatic hydroxyl groups excluding tert-OH is 2. The summed E-state index contributed by atoms with van der Waals surface area (Å²) in [5, 5.41) is 41.0. The Morgan fingerprint density at radius 3 is 2.60 bits per heavy atom. The molecule has 0 heterocycles. The second-order valence-corrected chi connectivity index (χ2v) is 9.50. The van der Waals surface area contributed by atoms with E-state index in [2.05, 4.69) is 13.0 Å². The van der Waals surface area contributed by atoms with Crippen molar-refractivity contribution in [1.29, 1.82) is 0 Å². The van der Waals surface area contributed by atoms with Crippen LogP contribution in [0.25, 0.3) is 0 Å². The molecule has 0 aromatic carbocycles. The van der Waals surface area contributed by atoms with E-state index in [-0.39, 0.29) is 29.3 Å². The minimum absolute atomic E-state index is 0.0419. The molecule has 0 amide bonds. The number of fused-ring (bicyclic) bond motifs is 2. The molecule has 1 spiro atoms. The molecule has 25 heavy (non-hydrogen) atoms. The van der Waals surface area contributed by atoms with E-state index in [1.165, 1.54) is 5.57 Å². The quantitative estimate of drug-likeness (QED) is 0.572. The molecule has 0 aliphatic heterocycles. The van der Waals surface area contributed by atoms with Gasteiger partial charge in [0.1, 0.15) is 0 Å². The molecular weight excluding hydrogens is 320 g/mol. The Labute approximate surface area is 148 Å². The standard InChI is InChI=1S/C20H30O5/c1-17-6-5-15(22)18(2,16(23)24)14(17)4-3-12-9-13-10-19(12,17)7-8-20(13,25)11-21/h9,13-15,21-22,25H,3-8,10-11H2,1-2H3,(H,23,24). The third-order valence-corrected chi connectivity index (χ3v) is 8.91. The highest BCUT2D eigenvalue weighted by Gasteiger charge is 2.69. The molecule has 0 saturated heterocycles. The largest absolute Gasteiger partial charge is 0.481 e. The van der Waals surface area contributed by atoms with E-state index in [0.717, 1.165) is 32.1 Å². The SMILES string of the molecule is CC1(C(=O)O)C(O)CCC2(C)C1CCC1=CC3CC12CCC3(O)CO. The summed E-state index contributed by atoms with van der Waals surface area (Å²) in [5.41, 5.74) is -1.06. The van der Waals surface area contributed by atoms with Gasteiger partial charge in [0.15, 0.2) is 0 Å². The normalized spacial score (nSPS) is 54.4. The van der Waals surface area contributed by atoms with Crippen molar-refractivity contribution >= 4 is 5.97 Å². The van der Waals surface area contributed by atoms with E-state index in [9.17, 15) is 25.2 Å². The summed E-state index contributed by atoms with van der Waals surface area (Å²) in [4.78, 5) is 12.1. The third kappa shape index (κ3) is 1.87. The molecule has 0 radical (unpaired) electrons. The van der Waals surface area contributed by atoms with Gasteiger partial charge in [-0.2, -0.15) is 0 Å². The molecule has 3 fully saturated rings. The van der Waals surface area contributed by atoms with Crippen LogP contribution >= 0.6 is 0 Å². The van der Waals surface area contributed by atoms with E-state index in [4.69, 9.17) is 0 Å². The van der Waals surface area contributed by atoms with Gasteiger partial charge in [0.25, 0.3) is 0 Å². The molecule has 4 N–H and O–H groups in total. The molecule has 140 valence electrons. The maximum Gasteiger partial charge on any atom is 0.312 e. The van der Waals surface area contributed by atoms with Crippen molar-refractivity contribution in [2.75, 3.05) is 6.61 Å². The van der Waals surface area contributed by atoms with Gasteiger partial charge in [-0.1, -0.05) is 18.6 Å². The van der Waals surface area contributed by atoms with Gasteiger partial charge in [0, 0.05) is 5.92 Å².